The molecule has 1 rings (SSSR count). The SMILES string of the molecule is Cc1cccc(S(=O)(=O)N(C)CC(C)C(=O)O)c1F. The summed E-state index contributed by atoms with van der Waals surface area (Å²) in [7, 11) is -2.79. The molecule has 0 aliphatic carbocycles. The second-order valence-corrected chi connectivity index (χ2v) is 6.43. The number of sulfonamides is 1. The third kappa shape index (κ3) is 3.30. The second-order valence-electron chi connectivity index (χ2n) is 4.41. The van der Waals surface area contributed by atoms with Crippen LogP contribution in [0.1, 0.15) is 12.5 Å². The molecule has 0 spiro atoms. The lowest BCUT2D eigenvalue weighted by molar-refractivity contribution is -0.141. The first-order chi connectivity index (χ1) is 8.67. The molecule has 0 radical (unpaired) electrons. The van der Waals surface area contributed by atoms with Crippen LogP contribution in [0, 0.1) is 18.7 Å². The zero-order valence-corrected chi connectivity index (χ0v) is 11.7. The van der Waals surface area contributed by atoms with E-state index in [2.05, 4.69) is 0 Å². The van der Waals surface area contributed by atoms with E-state index in [1.807, 2.05) is 0 Å². The molecule has 1 atom stereocenters. The maximum absolute atomic E-state index is 13.8. The molecule has 19 heavy (non-hydrogen) atoms. The van der Waals surface area contributed by atoms with Crippen LogP contribution in [0.5, 0.6) is 0 Å². The summed E-state index contributed by atoms with van der Waals surface area (Å²) in [5.41, 5.74) is 0.223. The van der Waals surface area contributed by atoms with Crippen LogP contribution in [0.2, 0.25) is 0 Å². The van der Waals surface area contributed by atoms with Gasteiger partial charge in [-0.2, -0.15) is 4.31 Å². The van der Waals surface area contributed by atoms with E-state index in [0.717, 1.165) is 4.31 Å². The van der Waals surface area contributed by atoms with Crippen LogP contribution in [-0.2, 0) is 14.8 Å². The van der Waals surface area contributed by atoms with Gasteiger partial charge in [0.15, 0.2) is 0 Å². The molecular weight excluding hydrogens is 273 g/mol. The summed E-state index contributed by atoms with van der Waals surface area (Å²) in [5.74, 6) is -2.78. The normalized spacial score (nSPS) is 13.5. The lowest BCUT2D eigenvalue weighted by Crippen LogP contribution is -2.34. The van der Waals surface area contributed by atoms with E-state index in [9.17, 15) is 17.6 Å². The predicted molar refractivity (Wildman–Crippen MR) is 67.8 cm³/mol. The average Bonchev–Trinajstić information content (AvgIpc) is 2.32. The number of rotatable bonds is 5. The number of carbonyl (C=O) groups is 1. The van der Waals surface area contributed by atoms with E-state index in [1.165, 1.54) is 39.1 Å². The number of carboxylic acid groups (broad SMARTS) is 1. The fraction of sp³-hybridized carbons (Fsp3) is 0.417. The van der Waals surface area contributed by atoms with E-state index < -0.39 is 32.6 Å². The minimum absolute atomic E-state index is 0.217. The largest absolute Gasteiger partial charge is 0.481 e. The summed E-state index contributed by atoms with van der Waals surface area (Å²) < 4.78 is 39.0. The fourth-order valence-corrected chi connectivity index (χ4v) is 2.94. The Morgan fingerprint density at radius 3 is 2.58 bits per heavy atom. The first kappa shape index (κ1) is 15.6. The van der Waals surface area contributed by atoms with Gasteiger partial charge in [0.25, 0.3) is 0 Å². The quantitative estimate of drug-likeness (QED) is 0.891. The smallest absolute Gasteiger partial charge is 0.307 e. The maximum Gasteiger partial charge on any atom is 0.307 e. The Labute approximate surface area is 111 Å². The third-order valence-corrected chi connectivity index (χ3v) is 4.64. The average molecular weight is 289 g/mol. The van der Waals surface area contributed by atoms with Gasteiger partial charge >= 0.3 is 5.97 Å². The summed E-state index contributed by atoms with van der Waals surface area (Å²) in [6.45, 7) is 2.64. The molecule has 0 saturated carbocycles. The summed E-state index contributed by atoms with van der Waals surface area (Å²) in [5, 5.41) is 8.77. The van der Waals surface area contributed by atoms with Crippen molar-refractivity contribution in [2.75, 3.05) is 13.6 Å². The highest BCUT2D eigenvalue weighted by molar-refractivity contribution is 7.89. The molecule has 0 amide bonds. The molecule has 1 unspecified atom stereocenters. The van der Waals surface area contributed by atoms with Crippen molar-refractivity contribution in [2.24, 2.45) is 5.92 Å². The molecule has 1 aromatic rings. The molecule has 0 fully saturated rings. The number of halogens is 1. The molecule has 1 N–H and O–H groups in total. The molecule has 0 aromatic heterocycles. The maximum atomic E-state index is 13.8. The molecule has 0 aliphatic heterocycles. The van der Waals surface area contributed by atoms with Gasteiger partial charge in [-0.25, -0.2) is 12.8 Å². The van der Waals surface area contributed by atoms with Gasteiger partial charge in [0, 0.05) is 13.6 Å². The summed E-state index contributed by atoms with van der Waals surface area (Å²) in [6.07, 6.45) is 0. The summed E-state index contributed by atoms with van der Waals surface area (Å²) >= 11 is 0. The Morgan fingerprint density at radius 2 is 2.05 bits per heavy atom. The number of hydrogen-bond acceptors (Lipinski definition) is 3. The van der Waals surface area contributed by atoms with Crippen molar-refractivity contribution in [3.8, 4) is 0 Å². The minimum Gasteiger partial charge on any atom is -0.481 e. The third-order valence-electron chi connectivity index (χ3n) is 2.80. The number of aryl methyl sites for hydroxylation is 1. The number of hydrogen-bond donors (Lipinski definition) is 1. The van der Waals surface area contributed by atoms with Crippen LogP contribution < -0.4 is 0 Å². The van der Waals surface area contributed by atoms with Crippen LogP contribution in [0.25, 0.3) is 0 Å². The van der Waals surface area contributed by atoms with Crippen LogP contribution in [0.4, 0.5) is 4.39 Å². The molecule has 0 bridgehead atoms. The van der Waals surface area contributed by atoms with E-state index in [4.69, 9.17) is 5.11 Å². The molecule has 7 heteroatoms. The van der Waals surface area contributed by atoms with Gasteiger partial charge in [-0.05, 0) is 18.6 Å². The first-order valence-electron chi connectivity index (χ1n) is 5.62. The van der Waals surface area contributed by atoms with Crippen molar-refractivity contribution in [3.63, 3.8) is 0 Å². The van der Waals surface area contributed by atoms with Gasteiger partial charge in [0.05, 0.1) is 5.92 Å². The Balaban J connectivity index is 3.10. The standard InChI is InChI=1S/C12H16FNO4S/c1-8-5-4-6-10(11(8)13)19(17,18)14(3)7-9(2)12(15)16/h4-6,9H,7H2,1-3H3,(H,15,16). The molecule has 5 nitrogen and oxygen atoms in total. The number of carboxylic acids is 1. The number of nitrogens with zero attached hydrogens (tertiary/aromatic N) is 1. The number of benzene rings is 1. The van der Waals surface area contributed by atoms with Crippen molar-refractivity contribution >= 4 is 16.0 Å². The van der Waals surface area contributed by atoms with Gasteiger partial charge in [-0.15, -0.1) is 0 Å². The van der Waals surface area contributed by atoms with Crippen LogP contribution in [-0.4, -0.2) is 37.4 Å². The molecule has 106 valence electrons. The molecule has 0 heterocycles. The van der Waals surface area contributed by atoms with Crippen molar-refractivity contribution in [1.29, 1.82) is 0 Å². The Bertz CT molecular complexity index is 585. The predicted octanol–water partition coefficient (Wildman–Crippen LogP) is 1.48. The van der Waals surface area contributed by atoms with Gasteiger partial charge in [0.2, 0.25) is 10.0 Å². The lowest BCUT2D eigenvalue weighted by Gasteiger charge is -2.19. The second kappa shape index (κ2) is 5.66. The van der Waals surface area contributed by atoms with Crippen LogP contribution >= 0.6 is 0 Å². The Hall–Kier alpha value is -1.47. The summed E-state index contributed by atoms with van der Waals surface area (Å²) in [4.78, 5) is 10.3. The van der Waals surface area contributed by atoms with E-state index >= 15 is 0 Å². The van der Waals surface area contributed by atoms with E-state index in [1.54, 1.807) is 0 Å². The topological polar surface area (TPSA) is 74.7 Å². The zero-order valence-electron chi connectivity index (χ0n) is 10.9. The van der Waals surface area contributed by atoms with Crippen molar-refractivity contribution in [1.82, 2.24) is 4.31 Å². The van der Waals surface area contributed by atoms with Crippen molar-refractivity contribution in [2.45, 2.75) is 18.7 Å². The van der Waals surface area contributed by atoms with Gasteiger partial charge in [-0.3, -0.25) is 4.79 Å². The number of aliphatic carboxylic acids is 1. The van der Waals surface area contributed by atoms with Crippen LogP contribution in [0.3, 0.4) is 0 Å². The molecular formula is C12H16FNO4S. The molecule has 0 saturated heterocycles. The zero-order chi connectivity index (χ0) is 14.8. The van der Waals surface area contributed by atoms with Gasteiger partial charge in [0.1, 0.15) is 10.7 Å². The molecule has 1 aromatic carbocycles. The first-order valence-corrected chi connectivity index (χ1v) is 7.06. The van der Waals surface area contributed by atoms with E-state index in [-0.39, 0.29) is 12.1 Å². The molecule has 0 aliphatic rings. The summed E-state index contributed by atoms with van der Waals surface area (Å²) in [6, 6.07) is 4.08. The Kier molecular flexibility index (Phi) is 4.65. The van der Waals surface area contributed by atoms with E-state index in [0.29, 0.717) is 0 Å². The van der Waals surface area contributed by atoms with Gasteiger partial charge in [-0.1, -0.05) is 19.1 Å². The highest BCUT2D eigenvalue weighted by Gasteiger charge is 2.27. The minimum atomic E-state index is -4.03. The Morgan fingerprint density at radius 1 is 1.47 bits per heavy atom. The van der Waals surface area contributed by atoms with Crippen molar-refractivity contribution in [3.05, 3.63) is 29.6 Å². The monoisotopic (exact) mass is 289 g/mol. The van der Waals surface area contributed by atoms with Crippen molar-refractivity contribution < 1.29 is 22.7 Å². The fourth-order valence-electron chi connectivity index (χ4n) is 1.55. The van der Waals surface area contributed by atoms with Crippen LogP contribution in [0.15, 0.2) is 23.1 Å². The highest BCUT2D eigenvalue weighted by Crippen LogP contribution is 2.21. The van der Waals surface area contributed by atoms with Gasteiger partial charge < -0.3 is 5.11 Å². The highest BCUT2D eigenvalue weighted by atomic mass is 32.2. The lowest BCUT2D eigenvalue weighted by atomic mass is 10.2.